The molecule has 0 aromatic carbocycles. The highest BCUT2D eigenvalue weighted by atomic mass is 32.2. The lowest BCUT2D eigenvalue weighted by atomic mass is 9.92. The van der Waals surface area contributed by atoms with Gasteiger partial charge in [-0.2, -0.15) is 0 Å². The molecule has 1 aliphatic rings. The first-order valence-electron chi connectivity index (χ1n) is 16.1. The van der Waals surface area contributed by atoms with Gasteiger partial charge in [0.05, 0.1) is 57.8 Å². The lowest BCUT2D eigenvalue weighted by Crippen LogP contribution is -2.60. The molecule has 0 heterocycles. The van der Waals surface area contributed by atoms with E-state index in [2.05, 4.69) is 13.8 Å². The number of amides is 1. The number of likely N-dealkylation sites (N-methyl/N-ethyl adjacent to an activating group) is 1. The second kappa shape index (κ2) is 21.4. The molecule has 0 N–H and O–H groups in total. The normalized spacial score (nSPS) is 17.0. The molecule has 0 atom stereocenters. The summed E-state index contributed by atoms with van der Waals surface area (Å²) in [6, 6.07) is 0. The fraction of sp³-hybridized carbons (Fsp3) is 0.879. The predicted molar refractivity (Wildman–Crippen MR) is 173 cm³/mol. The summed E-state index contributed by atoms with van der Waals surface area (Å²) in [5, 5.41) is 0.509. The van der Waals surface area contributed by atoms with Crippen molar-refractivity contribution in [2.45, 2.75) is 110 Å². The maximum atomic E-state index is 13.5. The Hall–Kier alpha value is -1.37. The van der Waals surface area contributed by atoms with Gasteiger partial charge in [0.2, 0.25) is 5.91 Å². The Balaban J connectivity index is 2.94. The summed E-state index contributed by atoms with van der Waals surface area (Å²) in [6.45, 7) is 15.9. The van der Waals surface area contributed by atoms with Crippen LogP contribution in [0.4, 0.5) is 0 Å². The van der Waals surface area contributed by atoms with E-state index in [0.717, 1.165) is 12.8 Å². The van der Waals surface area contributed by atoms with Crippen molar-refractivity contribution >= 4 is 35.0 Å². The fourth-order valence-corrected chi connectivity index (χ4v) is 4.74. The Morgan fingerprint density at radius 1 is 0.682 bits per heavy atom. The Labute approximate surface area is 270 Å². The first-order chi connectivity index (χ1) is 20.7. The number of hydrogen-bond donors (Lipinski definition) is 0. The molecule has 0 bridgehead atoms. The lowest BCUT2D eigenvalue weighted by Gasteiger charge is -2.42. The van der Waals surface area contributed by atoms with Gasteiger partial charge in [-0.15, -0.1) is 11.8 Å². The molecule has 0 radical (unpaired) electrons. The topological polar surface area (TPSA) is 118 Å². The van der Waals surface area contributed by atoms with E-state index in [0.29, 0.717) is 11.2 Å². The Bertz CT molecular complexity index is 802. The average molecular weight is 646 g/mol. The van der Waals surface area contributed by atoms with Gasteiger partial charge < -0.3 is 28.6 Å². The number of hydrogen-bond acceptors (Lipinski definition) is 10. The first kappa shape index (κ1) is 40.7. The number of carbonyl (C=O) groups excluding carboxylic acids is 4. The van der Waals surface area contributed by atoms with Gasteiger partial charge in [-0.05, 0) is 0 Å². The summed E-state index contributed by atoms with van der Waals surface area (Å²) < 4.78 is 29.7. The van der Waals surface area contributed by atoms with Gasteiger partial charge in [0, 0.05) is 62.2 Å². The van der Waals surface area contributed by atoms with Crippen molar-refractivity contribution in [3.63, 3.8) is 0 Å². The maximum Gasteiger partial charge on any atom is 0.249 e. The van der Waals surface area contributed by atoms with Crippen LogP contribution < -0.4 is 0 Å². The van der Waals surface area contributed by atoms with Crippen LogP contribution in [0.2, 0.25) is 0 Å². The number of nitrogens with zero attached hydrogens (tertiary/aromatic N) is 1. The highest BCUT2D eigenvalue weighted by molar-refractivity contribution is 7.99. The summed E-state index contributed by atoms with van der Waals surface area (Å²) in [5.41, 5.74) is -1.07. The summed E-state index contributed by atoms with van der Waals surface area (Å²) in [6.07, 6.45) is 2.34. The van der Waals surface area contributed by atoms with E-state index < -0.39 is 5.54 Å². The number of ketones is 3. The van der Waals surface area contributed by atoms with Crippen LogP contribution in [0.1, 0.15) is 87.5 Å². The average Bonchev–Trinajstić information content (AvgIpc) is 2.94. The molecule has 0 aliphatic heterocycles. The number of Topliss-reactive ketones (excluding diaryl/α,β-unsaturated/α-hetero) is 3. The third-order valence-electron chi connectivity index (χ3n) is 7.81. The molecule has 1 saturated carbocycles. The maximum absolute atomic E-state index is 13.5. The Morgan fingerprint density at radius 2 is 1.07 bits per heavy atom. The van der Waals surface area contributed by atoms with Crippen LogP contribution in [0.5, 0.6) is 0 Å². The third kappa shape index (κ3) is 15.8. The minimum Gasteiger partial charge on any atom is -0.378 e. The van der Waals surface area contributed by atoms with Crippen LogP contribution >= 0.6 is 11.8 Å². The molecule has 0 aromatic heterocycles. The van der Waals surface area contributed by atoms with Crippen LogP contribution in [-0.4, -0.2) is 110 Å². The zero-order valence-electron chi connectivity index (χ0n) is 28.7. The van der Waals surface area contributed by atoms with Gasteiger partial charge >= 0.3 is 0 Å². The Kier molecular flexibility index (Phi) is 19.8. The minimum atomic E-state index is -1.07. The van der Waals surface area contributed by atoms with Crippen molar-refractivity contribution in [3.05, 3.63) is 0 Å². The molecule has 256 valence electrons. The zero-order chi connectivity index (χ0) is 33.3. The van der Waals surface area contributed by atoms with Crippen LogP contribution in [0.15, 0.2) is 0 Å². The van der Waals surface area contributed by atoms with Crippen LogP contribution in [0, 0.1) is 17.8 Å². The summed E-state index contributed by atoms with van der Waals surface area (Å²) in [7, 11) is 1.66. The summed E-state index contributed by atoms with van der Waals surface area (Å²) in [4.78, 5) is 51.6. The van der Waals surface area contributed by atoms with Gasteiger partial charge in [0.15, 0.2) is 0 Å². The molecule has 0 saturated heterocycles. The highest BCUT2D eigenvalue weighted by Gasteiger charge is 2.40. The Morgan fingerprint density at radius 3 is 1.43 bits per heavy atom. The van der Waals surface area contributed by atoms with Crippen molar-refractivity contribution in [3.8, 4) is 0 Å². The van der Waals surface area contributed by atoms with Crippen LogP contribution in [0.3, 0.4) is 0 Å². The number of rotatable bonds is 26. The third-order valence-corrected chi connectivity index (χ3v) is 8.75. The molecule has 44 heavy (non-hydrogen) atoms. The standard InChI is InChI=1S/C33H59NO9S/c1-23(2)29(35)10-13-39-19-33(20-40-14-11-30(36)24(3)4,21-41-15-12-31(37)25(5)6)34(9)32(38)18-42-27-16-28(17-27)43-22-44-26(7)8/h23-28H,10-22H2,1-9H3. The molecule has 0 aromatic rings. The summed E-state index contributed by atoms with van der Waals surface area (Å²) in [5.74, 6) is 0.350. The summed E-state index contributed by atoms with van der Waals surface area (Å²) >= 11 is 1.75. The number of thioether (sulfide) groups is 1. The van der Waals surface area contributed by atoms with Gasteiger partial charge in [-0.25, -0.2) is 0 Å². The smallest absolute Gasteiger partial charge is 0.249 e. The largest absolute Gasteiger partial charge is 0.378 e. The molecule has 1 amide bonds. The first-order valence-corrected chi connectivity index (χ1v) is 17.2. The van der Waals surface area contributed by atoms with Crippen molar-refractivity contribution in [2.24, 2.45) is 17.8 Å². The van der Waals surface area contributed by atoms with E-state index in [4.69, 9.17) is 23.7 Å². The fourth-order valence-electron chi connectivity index (χ4n) is 4.20. The quantitative estimate of drug-likeness (QED) is 0.0964. The van der Waals surface area contributed by atoms with E-state index in [1.165, 1.54) is 4.90 Å². The molecule has 1 rings (SSSR count). The van der Waals surface area contributed by atoms with Crippen molar-refractivity contribution < 1.29 is 42.9 Å². The minimum absolute atomic E-state index is 0.0454. The van der Waals surface area contributed by atoms with Gasteiger partial charge in [-0.3, -0.25) is 19.2 Å². The van der Waals surface area contributed by atoms with Crippen LogP contribution in [-0.2, 0) is 42.9 Å². The monoisotopic (exact) mass is 645 g/mol. The molecular formula is C33H59NO9S. The van der Waals surface area contributed by atoms with Crippen LogP contribution in [0.25, 0.3) is 0 Å². The van der Waals surface area contributed by atoms with E-state index in [9.17, 15) is 19.2 Å². The van der Waals surface area contributed by atoms with Gasteiger partial charge in [0.25, 0.3) is 0 Å². The van der Waals surface area contributed by atoms with E-state index in [-0.39, 0.29) is 119 Å². The molecule has 0 spiro atoms. The molecule has 1 fully saturated rings. The van der Waals surface area contributed by atoms with E-state index in [1.807, 2.05) is 41.5 Å². The second-order valence-corrected chi connectivity index (χ2v) is 14.5. The highest BCUT2D eigenvalue weighted by Crippen LogP contribution is 2.28. The van der Waals surface area contributed by atoms with Crippen molar-refractivity contribution in [2.75, 3.05) is 59.2 Å². The molecule has 1 aliphatic carbocycles. The van der Waals surface area contributed by atoms with E-state index >= 15 is 0 Å². The SMILES string of the molecule is CC(C)SCOC1CC(OCC(=O)N(C)C(COCCC(=O)C(C)C)(COCCC(=O)C(C)C)COCCC(=O)C(C)C)C1. The number of ether oxygens (including phenoxy) is 5. The predicted octanol–water partition coefficient (Wildman–Crippen LogP) is 4.74. The van der Waals surface area contributed by atoms with Gasteiger partial charge in [0.1, 0.15) is 29.5 Å². The number of carbonyl (C=O) groups is 4. The van der Waals surface area contributed by atoms with Gasteiger partial charge in [-0.1, -0.05) is 55.4 Å². The molecule has 0 unspecified atom stereocenters. The van der Waals surface area contributed by atoms with Crippen molar-refractivity contribution in [1.29, 1.82) is 0 Å². The zero-order valence-corrected chi connectivity index (χ0v) is 29.5. The molecule has 11 heteroatoms. The molecule has 10 nitrogen and oxygen atoms in total. The lowest BCUT2D eigenvalue weighted by molar-refractivity contribution is -0.161. The second-order valence-electron chi connectivity index (χ2n) is 13.0. The van der Waals surface area contributed by atoms with Crippen molar-refractivity contribution in [1.82, 2.24) is 4.90 Å². The molecular weight excluding hydrogens is 586 g/mol. The van der Waals surface area contributed by atoms with E-state index in [1.54, 1.807) is 18.8 Å².